The van der Waals surface area contributed by atoms with Gasteiger partial charge < -0.3 is 15.0 Å². The van der Waals surface area contributed by atoms with Crippen LogP contribution in [0.5, 0.6) is 0 Å². The van der Waals surface area contributed by atoms with E-state index in [-0.39, 0.29) is 6.03 Å². The second-order valence-corrected chi connectivity index (χ2v) is 6.55. The smallest absolute Gasteiger partial charge is 0.317 e. The highest BCUT2D eigenvalue weighted by Crippen LogP contribution is 2.22. The summed E-state index contributed by atoms with van der Waals surface area (Å²) in [6.07, 6.45) is 7.35. The number of piperidine rings is 1. The fourth-order valence-corrected chi connectivity index (χ4v) is 3.12. The van der Waals surface area contributed by atoms with Crippen molar-refractivity contribution in [3.05, 3.63) is 0 Å². The third kappa shape index (κ3) is 4.65. The van der Waals surface area contributed by atoms with Crippen LogP contribution in [-0.4, -0.2) is 43.3 Å². The molecule has 0 aromatic heterocycles. The van der Waals surface area contributed by atoms with Crippen molar-refractivity contribution in [3.63, 3.8) is 0 Å². The van der Waals surface area contributed by atoms with Crippen LogP contribution in [0, 0.1) is 11.8 Å². The summed E-state index contributed by atoms with van der Waals surface area (Å²) in [6.45, 7) is 8.02. The highest BCUT2D eigenvalue weighted by atomic mass is 16.5. The molecule has 1 N–H and O–H groups in total. The number of hydrogen-bond acceptors (Lipinski definition) is 2. The first kappa shape index (κ1) is 15.6. The molecule has 0 radical (unpaired) electrons. The molecular formula is C16H30N2O2. The van der Waals surface area contributed by atoms with Gasteiger partial charge in [-0.15, -0.1) is 0 Å². The number of hydrogen-bond donors (Lipinski definition) is 1. The van der Waals surface area contributed by atoms with Crippen LogP contribution >= 0.6 is 0 Å². The van der Waals surface area contributed by atoms with Gasteiger partial charge in [-0.3, -0.25) is 0 Å². The lowest BCUT2D eigenvalue weighted by atomic mass is 9.89. The molecule has 4 nitrogen and oxygen atoms in total. The molecule has 0 aromatic carbocycles. The minimum Gasteiger partial charge on any atom is -0.378 e. The summed E-state index contributed by atoms with van der Waals surface area (Å²) in [5, 5.41) is 3.06. The molecule has 2 aliphatic rings. The molecule has 0 aliphatic carbocycles. The number of carbonyl (C=O) groups is 1. The summed E-state index contributed by atoms with van der Waals surface area (Å²) in [6, 6.07) is 0.119. The van der Waals surface area contributed by atoms with Crippen LogP contribution in [0.4, 0.5) is 4.79 Å². The molecule has 0 aromatic rings. The highest BCUT2D eigenvalue weighted by molar-refractivity contribution is 5.74. The molecule has 116 valence electrons. The molecule has 2 aliphatic heterocycles. The third-order valence-electron chi connectivity index (χ3n) is 4.87. The van der Waals surface area contributed by atoms with Gasteiger partial charge in [-0.25, -0.2) is 4.79 Å². The number of nitrogens with zero attached hydrogens (tertiary/aromatic N) is 1. The molecule has 2 fully saturated rings. The molecule has 0 bridgehead atoms. The van der Waals surface area contributed by atoms with E-state index in [9.17, 15) is 4.79 Å². The van der Waals surface area contributed by atoms with E-state index in [2.05, 4.69) is 19.2 Å². The average Bonchev–Trinajstić information content (AvgIpc) is 2.47. The number of ether oxygens (including phenoxy) is 1. The van der Waals surface area contributed by atoms with Crippen molar-refractivity contribution >= 4 is 6.03 Å². The molecule has 4 heteroatoms. The predicted molar refractivity (Wildman–Crippen MR) is 80.7 cm³/mol. The standard InChI is InChI=1S/C16H30N2O2/c1-13-8-10-18(12-14(13)2)16(19)17-9-5-7-15-6-3-4-11-20-15/h13-15H,3-12H2,1-2H3,(H,17,19)/t13-,14+,15+/m1/s1. The quantitative estimate of drug-likeness (QED) is 0.805. The van der Waals surface area contributed by atoms with E-state index in [0.717, 1.165) is 51.4 Å². The van der Waals surface area contributed by atoms with Crippen LogP contribution in [0.2, 0.25) is 0 Å². The maximum absolute atomic E-state index is 12.1. The van der Waals surface area contributed by atoms with Crippen molar-refractivity contribution in [2.45, 2.75) is 58.5 Å². The van der Waals surface area contributed by atoms with Crippen molar-refractivity contribution < 1.29 is 9.53 Å². The van der Waals surface area contributed by atoms with Crippen molar-refractivity contribution in [2.24, 2.45) is 11.8 Å². The Balaban J connectivity index is 1.58. The van der Waals surface area contributed by atoms with E-state index in [1.54, 1.807) is 0 Å². The lowest BCUT2D eigenvalue weighted by molar-refractivity contribution is 0.0102. The Kier molecular flexibility index (Phi) is 6.14. The lowest BCUT2D eigenvalue weighted by Gasteiger charge is -2.35. The monoisotopic (exact) mass is 282 g/mol. The van der Waals surface area contributed by atoms with Gasteiger partial charge in [0.05, 0.1) is 6.10 Å². The maximum atomic E-state index is 12.1. The van der Waals surface area contributed by atoms with Gasteiger partial charge in [0.2, 0.25) is 0 Å². The average molecular weight is 282 g/mol. The Morgan fingerprint density at radius 3 is 2.80 bits per heavy atom. The van der Waals surface area contributed by atoms with E-state index in [1.807, 2.05) is 4.90 Å². The molecular weight excluding hydrogens is 252 g/mol. The second kappa shape index (κ2) is 7.87. The number of urea groups is 1. The number of nitrogens with one attached hydrogen (secondary N) is 1. The Bertz CT molecular complexity index is 303. The van der Waals surface area contributed by atoms with E-state index < -0.39 is 0 Å². The number of carbonyl (C=O) groups excluding carboxylic acids is 1. The predicted octanol–water partition coefficient (Wildman–Crippen LogP) is 3.02. The summed E-state index contributed by atoms with van der Waals surface area (Å²) in [5.74, 6) is 1.35. The van der Waals surface area contributed by atoms with Gasteiger partial charge in [0, 0.05) is 26.2 Å². The van der Waals surface area contributed by atoms with Crippen molar-refractivity contribution in [2.75, 3.05) is 26.2 Å². The summed E-state index contributed by atoms with van der Waals surface area (Å²) >= 11 is 0. The number of likely N-dealkylation sites (tertiary alicyclic amines) is 1. The molecule has 2 saturated heterocycles. The van der Waals surface area contributed by atoms with Crippen molar-refractivity contribution in [1.82, 2.24) is 10.2 Å². The largest absolute Gasteiger partial charge is 0.378 e. The Morgan fingerprint density at radius 1 is 1.25 bits per heavy atom. The van der Waals surface area contributed by atoms with Crippen LogP contribution in [0.1, 0.15) is 52.4 Å². The Hall–Kier alpha value is -0.770. The topological polar surface area (TPSA) is 41.6 Å². The minimum atomic E-state index is 0.119. The first-order valence-corrected chi connectivity index (χ1v) is 8.31. The molecule has 0 saturated carbocycles. The Labute approximate surface area is 123 Å². The molecule has 0 spiro atoms. The van der Waals surface area contributed by atoms with E-state index >= 15 is 0 Å². The van der Waals surface area contributed by atoms with Crippen LogP contribution in [-0.2, 0) is 4.74 Å². The van der Waals surface area contributed by atoms with Gasteiger partial charge in [-0.1, -0.05) is 13.8 Å². The molecule has 2 heterocycles. The van der Waals surface area contributed by atoms with Gasteiger partial charge >= 0.3 is 6.03 Å². The molecule has 2 amide bonds. The van der Waals surface area contributed by atoms with E-state index in [4.69, 9.17) is 4.74 Å². The van der Waals surface area contributed by atoms with Gasteiger partial charge in [0.25, 0.3) is 0 Å². The van der Waals surface area contributed by atoms with Gasteiger partial charge in [0.15, 0.2) is 0 Å². The first-order valence-electron chi connectivity index (χ1n) is 8.31. The fraction of sp³-hybridized carbons (Fsp3) is 0.938. The Morgan fingerprint density at radius 2 is 2.10 bits per heavy atom. The molecule has 2 rings (SSSR count). The third-order valence-corrected chi connectivity index (χ3v) is 4.87. The van der Waals surface area contributed by atoms with E-state index in [0.29, 0.717) is 12.0 Å². The maximum Gasteiger partial charge on any atom is 0.317 e. The highest BCUT2D eigenvalue weighted by Gasteiger charge is 2.25. The van der Waals surface area contributed by atoms with Gasteiger partial charge in [0.1, 0.15) is 0 Å². The first-order chi connectivity index (χ1) is 9.66. The summed E-state index contributed by atoms with van der Waals surface area (Å²) in [5.41, 5.74) is 0. The molecule has 3 atom stereocenters. The van der Waals surface area contributed by atoms with Crippen LogP contribution < -0.4 is 5.32 Å². The number of amides is 2. The van der Waals surface area contributed by atoms with Crippen LogP contribution in [0.25, 0.3) is 0 Å². The summed E-state index contributed by atoms with van der Waals surface area (Å²) in [4.78, 5) is 14.1. The SMILES string of the molecule is C[C@@H]1CCN(C(=O)NCCC[C@@H]2CCCCO2)C[C@@H]1C. The van der Waals surface area contributed by atoms with Crippen LogP contribution in [0.3, 0.4) is 0 Å². The summed E-state index contributed by atoms with van der Waals surface area (Å²) in [7, 11) is 0. The van der Waals surface area contributed by atoms with Crippen molar-refractivity contribution in [3.8, 4) is 0 Å². The second-order valence-electron chi connectivity index (χ2n) is 6.55. The van der Waals surface area contributed by atoms with E-state index in [1.165, 1.54) is 19.3 Å². The van der Waals surface area contributed by atoms with Gasteiger partial charge in [-0.05, 0) is 50.4 Å². The lowest BCUT2D eigenvalue weighted by Crippen LogP contribution is -2.47. The van der Waals surface area contributed by atoms with Crippen LogP contribution in [0.15, 0.2) is 0 Å². The zero-order valence-corrected chi connectivity index (χ0v) is 13.1. The number of rotatable bonds is 4. The fourth-order valence-electron chi connectivity index (χ4n) is 3.12. The minimum absolute atomic E-state index is 0.119. The van der Waals surface area contributed by atoms with Crippen molar-refractivity contribution in [1.29, 1.82) is 0 Å². The van der Waals surface area contributed by atoms with Gasteiger partial charge in [-0.2, -0.15) is 0 Å². The summed E-state index contributed by atoms with van der Waals surface area (Å²) < 4.78 is 5.70. The zero-order chi connectivity index (χ0) is 14.4. The normalized spacial score (nSPS) is 31.1. The molecule has 20 heavy (non-hydrogen) atoms. The molecule has 0 unspecified atom stereocenters. The zero-order valence-electron chi connectivity index (χ0n) is 13.1.